The van der Waals surface area contributed by atoms with Crippen LogP contribution < -0.4 is 5.73 Å². The monoisotopic (exact) mass is 213 g/mol. The summed E-state index contributed by atoms with van der Waals surface area (Å²) in [6.45, 7) is 4.00. The fourth-order valence-corrected chi connectivity index (χ4v) is 1.17. The van der Waals surface area contributed by atoms with Gasteiger partial charge in [0.2, 0.25) is 5.89 Å². The van der Waals surface area contributed by atoms with E-state index in [1.807, 2.05) is 13.8 Å². The molecule has 2 unspecified atom stereocenters. The number of nitrogens with two attached hydrogens (primary N) is 1. The van der Waals surface area contributed by atoms with E-state index in [4.69, 9.17) is 15.0 Å². The third-order valence-corrected chi connectivity index (χ3v) is 2.34. The molecule has 0 aromatic carbocycles. The molecule has 0 aliphatic carbocycles. The molecule has 1 aromatic heterocycles. The van der Waals surface area contributed by atoms with E-state index in [0.29, 0.717) is 24.6 Å². The van der Waals surface area contributed by atoms with Crippen molar-refractivity contribution in [2.45, 2.75) is 45.3 Å². The zero-order chi connectivity index (χ0) is 11.3. The molecule has 0 saturated carbocycles. The summed E-state index contributed by atoms with van der Waals surface area (Å²) in [6, 6.07) is 0.0955. The van der Waals surface area contributed by atoms with Gasteiger partial charge in [0.05, 0.1) is 6.10 Å². The molecule has 0 radical (unpaired) electrons. The summed E-state index contributed by atoms with van der Waals surface area (Å²) in [7, 11) is 1.67. The Morgan fingerprint density at radius 2 is 2.20 bits per heavy atom. The molecule has 1 heterocycles. The standard InChI is InChI=1S/C10H19N3O2/c1-4-8(11)6-10-12-9(13-15-10)5-7(2)14-3/h7-8H,4-6,11H2,1-3H3. The lowest BCUT2D eigenvalue weighted by Crippen LogP contribution is -2.21. The number of methoxy groups -OCH3 is 1. The van der Waals surface area contributed by atoms with Gasteiger partial charge in [0, 0.05) is 26.0 Å². The predicted octanol–water partition coefficient (Wildman–Crippen LogP) is 0.927. The molecule has 1 aromatic rings. The Balaban J connectivity index is 2.49. The van der Waals surface area contributed by atoms with Gasteiger partial charge in [-0.15, -0.1) is 0 Å². The summed E-state index contributed by atoms with van der Waals surface area (Å²) < 4.78 is 10.2. The number of hydrogen-bond donors (Lipinski definition) is 1. The molecule has 0 spiro atoms. The lowest BCUT2D eigenvalue weighted by Gasteiger charge is -2.04. The van der Waals surface area contributed by atoms with E-state index in [-0.39, 0.29) is 12.1 Å². The topological polar surface area (TPSA) is 74.2 Å². The summed E-state index contributed by atoms with van der Waals surface area (Å²) in [5, 5.41) is 3.87. The van der Waals surface area contributed by atoms with E-state index in [9.17, 15) is 0 Å². The van der Waals surface area contributed by atoms with Gasteiger partial charge in [0.15, 0.2) is 5.82 Å². The number of ether oxygens (including phenoxy) is 1. The molecule has 1 rings (SSSR count). The van der Waals surface area contributed by atoms with Gasteiger partial charge in [0.1, 0.15) is 0 Å². The summed E-state index contributed by atoms with van der Waals surface area (Å²) in [6.07, 6.45) is 2.33. The number of nitrogens with zero attached hydrogens (tertiary/aromatic N) is 2. The Bertz CT molecular complexity index is 261. The second-order valence-corrected chi connectivity index (χ2v) is 3.73. The van der Waals surface area contributed by atoms with Crippen LogP contribution in [0.2, 0.25) is 0 Å². The van der Waals surface area contributed by atoms with E-state index >= 15 is 0 Å². The SMILES string of the molecule is CCC(N)Cc1nc(CC(C)OC)no1. The molecule has 5 heteroatoms. The molecular formula is C10H19N3O2. The molecule has 0 aliphatic heterocycles. The molecule has 0 bridgehead atoms. The molecule has 2 atom stereocenters. The van der Waals surface area contributed by atoms with Crippen LogP contribution >= 0.6 is 0 Å². The number of rotatable bonds is 6. The van der Waals surface area contributed by atoms with Crippen molar-refractivity contribution in [3.05, 3.63) is 11.7 Å². The van der Waals surface area contributed by atoms with Gasteiger partial charge in [0.25, 0.3) is 0 Å². The van der Waals surface area contributed by atoms with Crippen LogP contribution in [-0.2, 0) is 17.6 Å². The zero-order valence-corrected chi connectivity index (χ0v) is 9.56. The van der Waals surface area contributed by atoms with E-state index in [0.717, 1.165) is 6.42 Å². The highest BCUT2D eigenvalue weighted by Crippen LogP contribution is 2.05. The van der Waals surface area contributed by atoms with Gasteiger partial charge in [-0.25, -0.2) is 0 Å². The molecule has 86 valence electrons. The summed E-state index contributed by atoms with van der Waals surface area (Å²) in [4.78, 5) is 4.25. The minimum Gasteiger partial charge on any atom is -0.381 e. The third kappa shape index (κ3) is 3.97. The highest BCUT2D eigenvalue weighted by atomic mass is 16.5. The van der Waals surface area contributed by atoms with Crippen molar-refractivity contribution >= 4 is 0 Å². The van der Waals surface area contributed by atoms with Crippen molar-refractivity contribution < 1.29 is 9.26 Å². The first-order valence-electron chi connectivity index (χ1n) is 5.25. The van der Waals surface area contributed by atoms with Crippen LogP contribution in [0.25, 0.3) is 0 Å². The lowest BCUT2D eigenvalue weighted by atomic mass is 10.2. The van der Waals surface area contributed by atoms with Crippen molar-refractivity contribution in [3.63, 3.8) is 0 Å². The fourth-order valence-electron chi connectivity index (χ4n) is 1.17. The number of hydrogen-bond acceptors (Lipinski definition) is 5. The van der Waals surface area contributed by atoms with Crippen molar-refractivity contribution in [3.8, 4) is 0 Å². The first kappa shape index (κ1) is 12.1. The van der Waals surface area contributed by atoms with Crippen LogP contribution in [0.15, 0.2) is 4.52 Å². The maximum absolute atomic E-state index is 5.79. The van der Waals surface area contributed by atoms with Crippen molar-refractivity contribution in [2.24, 2.45) is 5.73 Å². The Morgan fingerprint density at radius 3 is 2.80 bits per heavy atom. The van der Waals surface area contributed by atoms with Crippen LogP contribution in [0.4, 0.5) is 0 Å². The second kappa shape index (κ2) is 5.82. The highest BCUT2D eigenvalue weighted by molar-refractivity contribution is 4.90. The smallest absolute Gasteiger partial charge is 0.228 e. The van der Waals surface area contributed by atoms with Crippen molar-refractivity contribution in [2.75, 3.05) is 7.11 Å². The Morgan fingerprint density at radius 1 is 1.47 bits per heavy atom. The summed E-state index contributed by atoms with van der Waals surface area (Å²) in [5.41, 5.74) is 5.79. The first-order valence-corrected chi connectivity index (χ1v) is 5.25. The van der Waals surface area contributed by atoms with Gasteiger partial charge >= 0.3 is 0 Å². The van der Waals surface area contributed by atoms with Gasteiger partial charge in [-0.1, -0.05) is 12.1 Å². The zero-order valence-electron chi connectivity index (χ0n) is 9.56. The van der Waals surface area contributed by atoms with Gasteiger partial charge < -0.3 is 15.0 Å². The van der Waals surface area contributed by atoms with Crippen molar-refractivity contribution in [1.82, 2.24) is 10.1 Å². The van der Waals surface area contributed by atoms with E-state index in [1.54, 1.807) is 7.11 Å². The first-order chi connectivity index (χ1) is 7.15. The lowest BCUT2D eigenvalue weighted by molar-refractivity contribution is 0.116. The van der Waals surface area contributed by atoms with E-state index in [1.165, 1.54) is 0 Å². The minimum absolute atomic E-state index is 0.0955. The molecular weight excluding hydrogens is 194 g/mol. The maximum Gasteiger partial charge on any atom is 0.228 e. The third-order valence-electron chi connectivity index (χ3n) is 2.34. The molecule has 5 nitrogen and oxygen atoms in total. The Kier molecular flexibility index (Phi) is 4.71. The maximum atomic E-state index is 5.79. The van der Waals surface area contributed by atoms with Gasteiger partial charge in [-0.3, -0.25) is 0 Å². The van der Waals surface area contributed by atoms with Crippen LogP contribution in [0.5, 0.6) is 0 Å². The van der Waals surface area contributed by atoms with Crippen LogP contribution in [0, 0.1) is 0 Å². The largest absolute Gasteiger partial charge is 0.381 e. The Labute approximate surface area is 90.0 Å². The minimum atomic E-state index is 0.0955. The fraction of sp³-hybridized carbons (Fsp3) is 0.800. The molecule has 0 amide bonds. The van der Waals surface area contributed by atoms with Crippen LogP contribution in [-0.4, -0.2) is 29.4 Å². The van der Waals surface area contributed by atoms with Crippen LogP contribution in [0.3, 0.4) is 0 Å². The van der Waals surface area contributed by atoms with E-state index < -0.39 is 0 Å². The molecule has 15 heavy (non-hydrogen) atoms. The van der Waals surface area contributed by atoms with E-state index in [2.05, 4.69) is 10.1 Å². The molecule has 0 fully saturated rings. The Hall–Kier alpha value is -0.940. The normalized spacial score (nSPS) is 15.2. The quantitative estimate of drug-likeness (QED) is 0.760. The van der Waals surface area contributed by atoms with Gasteiger partial charge in [-0.2, -0.15) is 4.98 Å². The predicted molar refractivity (Wildman–Crippen MR) is 56.4 cm³/mol. The number of aromatic nitrogens is 2. The molecule has 0 saturated heterocycles. The highest BCUT2D eigenvalue weighted by Gasteiger charge is 2.11. The summed E-state index contributed by atoms with van der Waals surface area (Å²) in [5.74, 6) is 1.30. The molecule has 0 aliphatic rings. The van der Waals surface area contributed by atoms with Gasteiger partial charge in [-0.05, 0) is 13.3 Å². The van der Waals surface area contributed by atoms with Crippen LogP contribution in [0.1, 0.15) is 32.0 Å². The second-order valence-electron chi connectivity index (χ2n) is 3.73. The average Bonchev–Trinajstić information content (AvgIpc) is 2.65. The average molecular weight is 213 g/mol. The summed E-state index contributed by atoms with van der Waals surface area (Å²) >= 11 is 0. The van der Waals surface area contributed by atoms with Crippen molar-refractivity contribution in [1.29, 1.82) is 0 Å². The molecule has 2 N–H and O–H groups in total.